The van der Waals surface area contributed by atoms with Crippen LogP contribution in [0.15, 0.2) is 36.4 Å². The Bertz CT molecular complexity index is 822. The van der Waals surface area contributed by atoms with E-state index in [0.717, 1.165) is 11.8 Å². The summed E-state index contributed by atoms with van der Waals surface area (Å²) in [6.45, 7) is 0. The van der Waals surface area contributed by atoms with Crippen molar-refractivity contribution in [1.82, 2.24) is 4.90 Å². The number of carbonyl (C=O) groups is 2. The van der Waals surface area contributed by atoms with Crippen LogP contribution in [0.5, 0.6) is 5.75 Å². The summed E-state index contributed by atoms with van der Waals surface area (Å²) >= 11 is 12.1. The van der Waals surface area contributed by atoms with Gasteiger partial charge in [0.1, 0.15) is 12.0 Å². The Labute approximate surface area is 149 Å². The molecule has 6 heteroatoms. The molecule has 2 aromatic carbocycles. The molecule has 0 aromatic heterocycles. The Morgan fingerprint density at radius 3 is 2.67 bits per heavy atom. The number of amides is 1. The Hall–Kier alpha value is -2.04. The lowest BCUT2D eigenvalue weighted by molar-refractivity contribution is -0.108. The zero-order chi connectivity index (χ0) is 17.4. The van der Waals surface area contributed by atoms with Crippen molar-refractivity contribution < 1.29 is 14.7 Å². The molecule has 2 aromatic rings. The summed E-state index contributed by atoms with van der Waals surface area (Å²) in [6.07, 6.45) is 1.04. The predicted molar refractivity (Wildman–Crippen MR) is 92.8 cm³/mol. The minimum Gasteiger partial charge on any atom is -0.507 e. The summed E-state index contributed by atoms with van der Waals surface area (Å²) in [7, 11) is 1.67. The smallest absolute Gasteiger partial charge is 0.258 e. The zero-order valence-corrected chi connectivity index (χ0v) is 14.4. The molecule has 1 N–H and O–H groups in total. The van der Waals surface area contributed by atoms with Gasteiger partial charge in [-0.1, -0.05) is 41.4 Å². The van der Waals surface area contributed by atoms with Crippen LogP contribution in [0.25, 0.3) is 0 Å². The fourth-order valence-corrected chi connectivity index (χ4v) is 3.64. The van der Waals surface area contributed by atoms with Crippen molar-refractivity contribution >= 4 is 35.4 Å². The van der Waals surface area contributed by atoms with Gasteiger partial charge in [-0.25, -0.2) is 0 Å². The second kappa shape index (κ2) is 6.46. The number of carbonyl (C=O) groups excluding carboxylic acids is 2. The van der Waals surface area contributed by atoms with Crippen LogP contribution in [0.3, 0.4) is 0 Å². The van der Waals surface area contributed by atoms with Crippen molar-refractivity contribution in [3.63, 3.8) is 0 Å². The maximum Gasteiger partial charge on any atom is 0.258 e. The van der Waals surface area contributed by atoms with Gasteiger partial charge in [0.25, 0.3) is 5.91 Å². The van der Waals surface area contributed by atoms with Crippen molar-refractivity contribution in [2.24, 2.45) is 0 Å². The number of fused-ring (bicyclic) bond motifs is 1. The topological polar surface area (TPSA) is 57.6 Å². The van der Waals surface area contributed by atoms with Crippen molar-refractivity contribution in [1.29, 1.82) is 0 Å². The van der Waals surface area contributed by atoms with Gasteiger partial charge in [0.05, 0.1) is 21.7 Å². The van der Waals surface area contributed by atoms with Gasteiger partial charge >= 0.3 is 0 Å². The number of nitrogens with zero attached hydrogens (tertiary/aromatic N) is 1. The number of phenols is 1. The van der Waals surface area contributed by atoms with Crippen LogP contribution in [-0.2, 0) is 4.79 Å². The van der Waals surface area contributed by atoms with E-state index in [0.29, 0.717) is 21.2 Å². The van der Waals surface area contributed by atoms with E-state index in [1.54, 1.807) is 36.2 Å². The fourth-order valence-electron chi connectivity index (χ4n) is 3.33. The number of aldehydes is 1. The van der Waals surface area contributed by atoms with E-state index >= 15 is 0 Å². The molecule has 0 radical (unpaired) electrons. The summed E-state index contributed by atoms with van der Waals surface area (Å²) in [6, 6.07) is 9.83. The number of rotatable bonds is 4. The Morgan fingerprint density at radius 2 is 2.00 bits per heavy atom. The minimum atomic E-state index is -0.359. The highest BCUT2D eigenvalue weighted by molar-refractivity contribution is 6.42. The van der Waals surface area contributed by atoms with Gasteiger partial charge in [-0.05, 0) is 29.3 Å². The lowest BCUT2D eigenvalue weighted by Gasteiger charge is -2.29. The van der Waals surface area contributed by atoms with Gasteiger partial charge in [0.15, 0.2) is 0 Å². The zero-order valence-electron chi connectivity index (χ0n) is 12.9. The molecule has 1 aliphatic heterocycles. The third kappa shape index (κ3) is 2.66. The van der Waals surface area contributed by atoms with Crippen molar-refractivity contribution in [3.8, 4) is 5.75 Å². The molecule has 0 fully saturated rings. The molecular formula is C18H15Cl2NO3. The van der Waals surface area contributed by atoms with Gasteiger partial charge in [0, 0.05) is 19.4 Å². The second-order valence-electron chi connectivity index (χ2n) is 5.78. The van der Waals surface area contributed by atoms with Crippen molar-refractivity contribution in [2.45, 2.75) is 18.4 Å². The number of phenolic OH excluding ortho intramolecular Hbond substituents is 1. The average Bonchev–Trinajstić information content (AvgIpc) is 2.81. The van der Waals surface area contributed by atoms with Gasteiger partial charge < -0.3 is 14.8 Å². The number of hydrogen-bond donors (Lipinski definition) is 1. The molecule has 0 saturated carbocycles. The van der Waals surface area contributed by atoms with E-state index in [1.807, 2.05) is 6.07 Å². The molecule has 1 aliphatic rings. The number of likely N-dealkylation sites (N-methyl/N-ethyl adjacent to an activating group) is 1. The maximum absolute atomic E-state index is 12.5. The Kier molecular flexibility index (Phi) is 4.52. The Morgan fingerprint density at radius 1 is 1.25 bits per heavy atom. The standard InChI is InChI=1S/C18H15Cl2NO3/c1-21-17(12-3-2-4-15(23)16(12)18(21)24)11(7-8-22)10-5-6-13(19)14(20)9-10/h2-6,8-9,11,17,23H,7H2,1H3. The molecule has 0 spiro atoms. The fraction of sp³-hybridized carbons (Fsp3) is 0.222. The van der Waals surface area contributed by atoms with E-state index in [9.17, 15) is 14.7 Å². The number of benzene rings is 2. The van der Waals surface area contributed by atoms with E-state index < -0.39 is 0 Å². The molecule has 1 amide bonds. The first-order chi connectivity index (χ1) is 11.5. The molecule has 24 heavy (non-hydrogen) atoms. The highest BCUT2D eigenvalue weighted by atomic mass is 35.5. The SMILES string of the molecule is CN1C(=O)c2c(O)cccc2C1C(CC=O)c1ccc(Cl)c(Cl)c1. The molecule has 2 unspecified atom stereocenters. The van der Waals surface area contributed by atoms with Crippen LogP contribution in [0.1, 0.15) is 39.9 Å². The van der Waals surface area contributed by atoms with Crippen LogP contribution in [-0.4, -0.2) is 29.2 Å². The first-order valence-corrected chi connectivity index (χ1v) is 8.19. The molecule has 3 rings (SSSR count). The van der Waals surface area contributed by atoms with Crippen LogP contribution < -0.4 is 0 Å². The quantitative estimate of drug-likeness (QED) is 0.828. The molecule has 0 bridgehead atoms. The first-order valence-electron chi connectivity index (χ1n) is 7.43. The summed E-state index contributed by atoms with van der Waals surface area (Å²) in [5.41, 5.74) is 1.82. The molecule has 1 heterocycles. The summed E-state index contributed by atoms with van der Waals surface area (Å²) in [5, 5.41) is 10.9. The van der Waals surface area contributed by atoms with Crippen molar-refractivity contribution in [2.75, 3.05) is 7.05 Å². The maximum atomic E-state index is 12.5. The number of aromatic hydroxyl groups is 1. The molecule has 0 aliphatic carbocycles. The van der Waals surface area contributed by atoms with Crippen molar-refractivity contribution in [3.05, 3.63) is 63.1 Å². The highest BCUT2D eigenvalue weighted by Crippen LogP contribution is 2.46. The lowest BCUT2D eigenvalue weighted by Crippen LogP contribution is -2.28. The molecule has 124 valence electrons. The third-order valence-electron chi connectivity index (χ3n) is 4.45. The minimum absolute atomic E-state index is 0.0501. The van der Waals surface area contributed by atoms with Gasteiger partial charge in [-0.2, -0.15) is 0 Å². The van der Waals surface area contributed by atoms with Crippen LogP contribution in [0, 0.1) is 0 Å². The summed E-state index contributed by atoms with van der Waals surface area (Å²) in [4.78, 5) is 25.3. The normalized spacial score (nSPS) is 17.7. The van der Waals surface area contributed by atoms with Gasteiger partial charge in [-0.3, -0.25) is 4.79 Å². The number of halogens is 2. The molecular weight excluding hydrogens is 349 g/mol. The van der Waals surface area contributed by atoms with Gasteiger partial charge in [-0.15, -0.1) is 0 Å². The van der Waals surface area contributed by atoms with E-state index in [4.69, 9.17) is 23.2 Å². The summed E-state index contributed by atoms with van der Waals surface area (Å²) in [5.74, 6) is -0.593. The molecule has 4 nitrogen and oxygen atoms in total. The Balaban J connectivity index is 2.13. The first kappa shape index (κ1) is 16.8. The monoisotopic (exact) mass is 363 g/mol. The largest absolute Gasteiger partial charge is 0.507 e. The summed E-state index contributed by atoms with van der Waals surface area (Å²) < 4.78 is 0. The highest BCUT2D eigenvalue weighted by Gasteiger charge is 2.41. The van der Waals surface area contributed by atoms with E-state index in [2.05, 4.69) is 0 Å². The molecule has 0 saturated heterocycles. The molecule has 2 atom stereocenters. The second-order valence-corrected chi connectivity index (χ2v) is 6.60. The van der Waals surface area contributed by atoms with Crippen LogP contribution in [0.4, 0.5) is 0 Å². The van der Waals surface area contributed by atoms with Crippen LogP contribution in [0.2, 0.25) is 10.0 Å². The van der Waals surface area contributed by atoms with E-state index in [1.165, 1.54) is 6.07 Å². The van der Waals surface area contributed by atoms with E-state index in [-0.39, 0.29) is 30.0 Å². The lowest BCUT2D eigenvalue weighted by atomic mass is 9.85. The average molecular weight is 364 g/mol. The number of hydrogen-bond acceptors (Lipinski definition) is 3. The third-order valence-corrected chi connectivity index (χ3v) is 5.19. The van der Waals surface area contributed by atoms with Crippen LogP contribution >= 0.6 is 23.2 Å². The predicted octanol–water partition coefficient (Wildman–Crippen LogP) is 4.20. The van der Waals surface area contributed by atoms with Gasteiger partial charge in [0.2, 0.25) is 0 Å².